The predicted octanol–water partition coefficient (Wildman–Crippen LogP) is 2.91. The van der Waals surface area contributed by atoms with Gasteiger partial charge in [0.1, 0.15) is 5.75 Å². The van der Waals surface area contributed by atoms with Crippen molar-refractivity contribution in [2.75, 3.05) is 13.7 Å². The van der Waals surface area contributed by atoms with Crippen LogP contribution in [0.15, 0.2) is 36.7 Å². The average molecular weight is 280 g/mol. The van der Waals surface area contributed by atoms with Crippen molar-refractivity contribution in [2.45, 2.75) is 12.3 Å². The van der Waals surface area contributed by atoms with E-state index in [1.165, 1.54) is 6.20 Å². The SMILES string of the molecule is COc1ccc(-n2cc(OCC3CC3(F)F)cn2)cc1. The number of halogens is 2. The van der Waals surface area contributed by atoms with Gasteiger partial charge in [-0.25, -0.2) is 13.5 Å². The second-order valence-corrected chi connectivity index (χ2v) is 4.79. The van der Waals surface area contributed by atoms with E-state index in [9.17, 15) is 8.78 Å². The first-order valence-corrected chi connectivity index (χ1v) is 6.28. The summed E-state index contributed by atoms with van der Waals surface area (Å²) in [5.74, 6) is -1.96. The zero-order valence-corrected chi connectivity index (χ0v) is 10.9. The lowest BCUT2D eigenvalue weighted by molar-refractivity contribution is 0.0856. The second-order valence-electron chi connectivity index (χ2n) is 4.79. The number of hydrogen-bond acceptors (Lipinski definition) is 3. The molecule has 1 heterocycles. The molecule has 1 atom stereocenters. The van der Waals surface area contributed by atoms with Gasteiger partial charge in [-0.2, -0.15) is 5.10 Å². The quantitative estimate of drug-likeness (QED) is 0.845. The zero-order valence-electron chi connectivity index (χ0n) is 10.9. The number of aromatic nitrogens is 2. The molecule has 4 nitrogen and oxygen atoms in total. The molecule has 1 aromatic carbocycles. The summed E-state index contributed by atoms with van der Waals surface area (Å²) in [7, 11) is 1.60. The maximum absolute atomic E-state index is 12.7. The molecule has 6 heteroatoms. The average Bonchev–Trinajstić information content (AvgIpc) is 2.88. The van der Waals surface area contributed by atoms with Crippen LogP contribution in [-0.2, 0) is 0 Å². The van der Waals surface area contributed by atoms with Gasteiger partial charge in [0.15, 0.2) is 5.75 Å². The highest BCUT2D eigenvalue weighted by molar-refractivity contribution is 5.37. The Kier molecular flexibility index (Phi) is 3.08. The van der Waals surface area contributed by atoms with E-state index in [4.69, 9.17) is 9.47 Å². The summed E-state index contributed by atoms with van der Waals surface area (Å²) in [5.41, 5.74) is 0.845. The van der Waals surface area contributed by atoms with E-state index in [0.717, 1.165) is 11.4 Å². The molecule has 0 bridgehead atoms. The van der Waals surface area contributed by atoms with Gasteiger partial charge in [-0.1, -0.05) is 0 Å². The molecule has 1 aromatic heterocycles. The number of benzene rings is 1. The Bertz CT molecular complexity index is 595. The lowest BCUT2D eigenvalue weighted by Crippen LogP contribution is -2.05. The molecule has 2 aromatic rings. The van der Waals surface area contributed by atoms with Crippen molar-refractivity contribution in [3.8, 4) is 17.2 Å². The number of alkyl halides is 2. The van der Waals surface area contributed by atoms with Crippen molar-refractivity contribution in [3.63, 3.8) is 0 Å². The molecular formula is C14H14F2N2O2. The molecule has 1 fully saturated rings. The first-order valence-electron chi connectivity index (χ1n) is 6.28. The first kappa shape index (κ1) is 12.9. The van der Waals surface area contributed by atoms with Crippen LogP contribution in [-0.4, -0.2) is 29.4 Å². The highest BCUT2D eigenvalue weighted by Crippen LogP contribution is 2.48. The molecule has 106 valence electrons. The fourth-order valence-electron chi connectivity index (χ4n) is 1.90. The largest absolute Gasteiger partial charge is 0.497 e. The summed E-state index contributed by atoms with van der Waals surface area (Å²) >= 11 is 0. The van der Waals surface area contributed by atoms with Gasteiger partial charge < -0.3 is 9.47 Å². The molecule has 1 aliphatic rings. The zero-order chi connectivity index (χ0) is 14.2. The minimum Gasteiger partial charge on any atom is -0.497 e. The van der Waals surface area contributed by atoms with Crippen molar-refractivity contribution in [2.24, 2.45) is 5.92 Å². The molecule has 1 aliphatic carbocycles. The van der Waals surface area contributed by atoms with E-state index in [-0.39, 0.29) is 13.0 Å². The number of ether oxygens (including phenoxy) is 2. The second kappa shape index (κ2) is 4.77. The highest BCUT2D eigenvalue weighted by Gasteiger charge is 2.57. The van der Waals surface area contributed by atoms with Crippen molar-refractivity contribution in [1.29, 1.82) is 0 Å². The van der Waals surface area contributed by atoms with E-state index < -0.39 is 11.8 Å². The Morgan fingerprint density at radius 2 is 2.00 bits per heavy atom. The van der Waals surface area contributed by atoms with Crippen LogP contribution in [0.1, 0.15) is 6.42 Å². The molecule has 0 aliphatic heterocycles. The molecule has 0 radical (unpaired) electrons. The number of methoxy groups -OCH3 is 1. The summed E-state index contributed by atoms with van der Waals surface area (Å²) in [4.78, 5) is 0. The molecular weight excluding hydrogens is 266 g/mol. The standard InChI is InChI=1S/C14H14F2N2O2/c1-19-12-4-2-11(3-5-12)18-8-13(7-17-18)20-9-10-6-14(10,15)16/h2-5,7-8,10H,6,9H2,1H3. The van der Waals surface area contributed by atoms with E-state index in [1.54, 1.807) is 18.0 Å². The van der Waals surface area contributed by atoms with Crippen LogP contribution in [0, 0.1) is 5.92 Å². The molecule has 0 N–H and O–H groups in total. The minimum absolute atomic E-state index is 0.0291. The normalized spacial score (nSPS) is 19.6. The molecule has 0 spiro atoms. The highest BCUT2D eigenvalue weighted by atomic mass is 19.3. The minimum atomic E-state index is -2.55. The van der Waals surface area contributed by atoms with Gasteiger partial charge >= 0.3 is 0 Å². The summed E-state index contributed by atoms with van der Waals surface area (Å²) in [6.45, 7) is 0.0291. The van der Waals surface area contributed by atoms with Crippen LogP contribution in [0.3, 0.4) is 0 Å². The topological polar surface area (TPSA) is 36.3 Å². The van der Waals surface area contributed by atoms with Crippen LogP contribution in [0.5, 0.6) is 11.5 Å². The molecule has 1 saturated carbocycles. The monoisotopic (exact) mass is 280 g/mol. The number of hydrogen-bond donors (Lipinski definition) is 0. The van der Waals surface area contributed by atoms with E-state index in [1.807, 2.05) is 24.3 Å². The summed E-state index contributed by atoms with van der Waals surface area (Å²) in [6, 6.07) is 7.35. The van der Waals surface area contributed by atoms with E-state index in [0.29, 0.717) is 5.75 Å². The molecule has 0 saturated heterocycles. The third kappa shape index (κ3) is 2.59. The van der Waals surface area contributed by atoms with E-state index in [2.05, 4.69) is 5.10 Å². The van der Waals surface area contributed by atoms with Crippen LogP contribution in [0.2, 0.25) is 0 Å². The van der Waals surface area contributed by atoms with E-state index >= 15 is 0 Å². The van der Waals surface area contributed by atoms with Crippen molar-refractivity contribution >= 4 is 0 Å². The van der Waals surface area contributed by atoms with Gasteiger partial charge in [-0.05, 0) is 24.3 Å². The maximum atomic E-state index is 12.7. The summed E-state index contributed by atoms with van der Waals surface area (Å²) in [6.07, 6.45) is 3.10. The Balaban J connectivity index is 1.63. The van der Waals surface area contributed by atoms with Gasteiger partial charge in [0, 0.05) is 6.42 Å². The van der Waals surface area contributed by atoms with Gasteiger partial charge in [-0.15, -0.1) is 0 Å². The third-order valence-corrected chi connectivity index (χ3v) is 3.30. The number of nitrogens with zero attached hydrogens (tertiary/aromatic N) is 2. The van der Waals surface area contributed by atoms with Crippen molar-refractivity contribution < 1.29 is 18.3 Å². The summed E-state index contributed by atoms with van der Waals surface area (Å²) in [5, 5.41) is 4.14. The first-order chi connectivity index (χ1) is 9.58. The molecule has 0 amide bonds. The molecule has 20 heavy (non-hydrogen) atoms. The van der Waals surface area contributed by atoms with Crippen LogP contribution >= 0.6 is 0 Å². The predicted molar refractivity (Wildman–Crippen MR) is 68.7 cm³/mol. The smallest absolute Gasteiger partial charge is 0.255 e. The number of rotatable bonds is 5. The van der Waals surface area contributed by atoms with Gasteiger partial charge in [-0.3, -0.25) is 0 Å². The van der Waals surface area contributed by atoms with Crippen LogP contribution in [0.4, 0.5) is 8.78 Å². The van der Waals surface area contributed by atoms with Crippen molar-refractivity contribution in [3.05, 3.63) is 36.7 Å². The maximum Gasteiger partial charge on any atom is 0.255 e. The fourth-order valence-corrected chi connectivity index (χ4v) is 1.90. The lowest BCUT2D eigenvalue weighted by atomic mass is 10.3. The van der Waals surface area contributed by atoms with Crippen LogP contribution in [0.25, 0.3) is 5.69 Å². The van der Waals surface area contributed by atoms with Gasteiger partial charge in [0.2, 0.25) is 0 Å². The van der Waals surface area contributed by atoms with Gasteiger partial charge in [0.25, 0.3) is 5.92 Å². The lowest BCUT2D eigenvalue weighted by Gasteiger charge is -2.03. The Hall–Kier alpha value is -2.11. The van der Waals surface area contributed by atoms with Crippen molar-refractivity contribution in [1.82, 2.24) is 9.78 Å². The van der Waals surface area contributed by atoms with Gasteiger partial charge in [0.05, 0.1) is 37.7 Å². The third-order valence-electron chi connectivity index (χ3n) is 3.30. The Labute approximate surface area is 114 Å². The molecule has 3 rings (SSSR count). The fraction of sp³-hybridized carbons (Fsp3) is 0.357. The van der Waals surface area contributed by atoms with Crippen LogP contribution < -0.4 is 9.47 Å². The summed E-state index contributed by atoms with van der Waals surface area (Å²) < 4.78 is 37.5. The molecule has 1 unspecified atom stereocenters. The Morgan fingerprint density at radius 1 is 1.30 bits per heavy atom. The Morgan fingerprint density at radius 3 is 2.60 bits per heavy atom.